The highest BCUT2D eigenvalue weighted by Crippen LogP contribution is 2.02. The van der Waals surface area contributed by atoms with Crippen LogP contribution in [0.2, 0.25) is 0 Å². The number of carbonyl (C=O) groups is 1. The minimum absolute atomic E-state index is 0.110. The predicted molar refractivity (Wildman–Crippen MR) is 52.6 cm³/mol. The number of amides is 1. The highest BCUT2D eigenvalue weighted by molar-refractivity contribution is 5.77. The highest BCUT2D eigenvalue weighted by Gasteiger charge is 2.14. The largest absolute Gasteiger partial charge is 0.353 e. The van der Waals surface area contributed by atoms with E-state index in [2.05, 4.69) is 10.6 Å². The molecule has 0 aromatic heterocycles. The fourth-order valence-corrected chi connectivity index (χ4v) is 1.51. The number of nitrogens with zero attached hydrogens (tertiary/aromatic N) is 1. The fourth-order valence-electron chi connectivity index (χ4n) is 1.51. The molecule has 1 heterocycles. The molecule has 1 rings (SSSR count). The van der Waals surface area contributed by atoms with Crippen LogP contribution in [0.5, 0.6) is 0 Å². The van der Waals surface area contributed by atoms with Gasteiger partial charge in [-0.2, -0.15) is 0 Å². The summed E-state index contributed by atoms with van der Waals surface area (Å²) in [5.41, 5.74) is 0. The molecule has 0 aromatic rings. The SMILES string of the molecule is CN(C)CC(=O)NC[C@@H]1CCCN1. The van der Waals surface area contributed by atoms with E-state index in [0.29, 0.717) is 12.6 Å². The summed E-state index contributed by atoms with van der Waals surface area (Å²) in [7, 11) is 3.79. The van der Waals surface area contributed by atoms with Crippen LogP contribution in [0.25, 0.3) is 0 Å². The van der Waals surface area contributed by atoms with Crippen LogP contribution >= 0.6 is 0 Å². The van der Waals surface area contributed by atoms with Crippen LogP contribution in [0.1, 0.15) is 12.8 Å². The summed E-state index contributed by atoms with van der Waals surface area (Å²) in [5.74, 6) is 0.110. The van der Waals surface area contributed by atoms with Crippen LogP contribution in [-0.4, -0.2) is 50.6 Å². The summed E-state index contributed by atoms with van der Waals surface area (Å²) in [4.78, 5) is 13.1. The van der Waals surface area contributed by atoms with Crippen LogP contribution in [0.3, 0.4) is 0 Å². The Kier molecular flexibility index (Phi) is 4.18. The molecule has 0 aliphatic carbocycles. The molecular formula is C9H19N3O. The average Bonchev–Trinajstić information content (AvgIpc) is 2.51. The van der Waals surface area contributed by atoms with E-state index in [-0.39, 0.29) is 5.91 Å². The molecular weight excluding hydrogens is 166 g/mol. The van der Waals surface area contributed by atoms with E-state index < -0.39 is 0 Å². The van der Waals surface area contributed by atoms with Crippen molar-refractivity contribution in [3.8, 4) is 0 Å². The summed E-state index contributed by atoms with van der Waals surface area (Å²) >= 11 is 0. The van der Waals surface area contributed by atoms with Crippen LogP contribution in [0.15, 0.2) is 0 Å². The third kappa shape index (κ3) is 4.24. The van der Waals surface area contributed by atoms with Gasteiger partial charge in [-0.25, -0.2) is 0 Å². The molecule has 2 N–H and O–H groups in total. The minimum atomic E-state index is 0.110. The standard InChI is InChI=1S/C9H19N3O/c1-12(2)7-9(13)11-6-8-4-3-5-10-8/h8,10H,3-7H2,1-2H3,(H,11,13)/t8-/m0/s1. The van der Waals surface area contributed by atoms with Crippen molar-refractivity contribution in [3.05, 3.63) is 0 Å². The van der Waals surface area contributed by atoms with Crippen LogP contribution < -0.4 is 10.6 Å². The van der Waals surface area contributed by atoms with Crippen molar-refractivity contribution in [2.75, 3.05) is 33.7 Å². The van der Waals surface area contributed by atoms with Crippen molar-refractivity contribution in [1.82, 2.24) is 15.5 Å². The Hall–Kier alpha value is -0.610. The van der Waals surface area contributed by atoms with E-state index in [1.54, 1.807) is 0 Å². The van der Waals surface area contributed by atoms with Gasteiger partial charge in [0.05, 0.1) is 6.54 Å². The zero-order valence-corrected chi connectivity index (χ0v) is 8.47. The number of likely N-dealkylation sites (N-methyl/N-ethyl adjacent to an activating group) is 1. The molecule has 0 bridgehead atoms. The molecule has 0 spiro atoms. The molecule has 0 unspecified atom stereocenters. The number of nitrogens with one attached hydrogen (secondary N) is 2. The van der Waals surface area contributed by atoms with Gasteiger partial charge in [-0.05, 0) is 33.5 Å². The van der Waals surface area contributed by atoms with E-state index in [1.807, 2.05) is 19.0 Å². The van der Waals surface area contributed by atoms with Gasteiger partial charge in [-0.1, -0.05) is 0 Å². The van der Waals surface area contributed by atoms with Crippen molar-refractivity contribution in [1.29, 1.82) is 0 Å². The first-order valence-electron chi connectivity index (χ1n) is 4.83. The first kappa shape index (κ1) is 10.5. The van der Waals surface area contributed by atoms with Gasteiger partial charge >= 0.3 is 0 Å². The monoisotopic (exact) mass is 185 g/mol. The summed E-state index contributed by atoms with van der Waals surface area (Å²) in [6, 6.07) is 0.492. The van der Waals surface area contributed by atoms with Crippen molar-refractivity contribution in [2.24, 2.45) is 0 Å². The predicted octanol–water partition coefficient (Wildman–Crippen LogP) is -0.584. The highest BCUT2D eigenvalue weighted by atomic mass is 16.2. The van der Waals surface area contributed by atoms with E-state index in [0.717, 1.165) is 13.1 Å². The van der Waals surface area contributed by atoms with Crippen LogP contribution in [0, 0.1) is 0 Å². The maximum absolute atomic E-state index is 11.2. The second kappa shape index (κ2) is 5.19. The Labute approximate surface area is 79.7 Å². The third-order valence-electron chi connectivity index (χ3n) is 2.17. The van der Waals surface area contributed by atoms with Gasteiger partial charge < -0.3 is 15.5 Å². The maximum atomic E-state index is 11.2. The van der Waals surface area contributed by atoms with Crippen LogP contribution in [0.4, 0.5) is 0 Å². The molecule has 1 atom stereocenters. The zero-order chi connectivity index (χ0) is 9.68. The first-order valence-corrected chi connectivity index (χ1v) is 4.83. The molecule has 0 saturated carbocycles. The number of hydrogen-bond acceptors (Lipinski definition) is 3. The van der Waals surface area contributed by atoms with E-state index in [9.17, 15) is 4.79 Å². The number of carbonyl (C=O) groups excluding carboxylic acids is 1. The summed E-state index contributed by atoms with van der Waals surface area (Å²) in [5, 5.41) is 6.25. The van der Waals surface area contributed by atoms with Gasteiger partial charge in [-0.3, -0.25) is 4.79 Å². The van der Waals surface area contributed by atoms with Crippen molar-refractivity contribution in [3.63, 3.8) is 0 Å². The summed E-state index contributed by atoms with van der Waals surface area (Å²) in [6.07, 6.45) is 2.41. The lowest BCUT2D eigenvalue weighted by molar-refractivity contribution is -0.121. The van der Waals surface area contributed by atoms with Crippen molar-refractivity contribution in [2.45, 2.75) is 18.9 Å². The molecule has 76 valence electrons. The van der Waals surface area contributed by atoms with Gasteiger partial charge in [0.2, 0.25) is 5.91 Å². The summed E-state index contributed by atoms with van der Waals surface area (Å²) < 4.78 is 0. The number of rotatable bonds is 4. The lowest BCUT2D eigenvalue weighted by Crippen LogP contribution is -2.40. The molecule has 0 radical (unpaired) electrons. The topological polar surface area (TPSA) is 44.4 Å². The van der Waals surface area contributed by atoms with Crippen molar-refractivity contribution < 1.29 is 4.79 Å². The second-order valence-corrected chi connectivity index (χ2v) is 3.84. The van der Waals surface area contributed by atoms with Gasteiger partial charge in [0, 0.05) is 12.6 Å². The Balaban J connectivity index is 2.07. The molecule has 0 aromatic carbocycles. The molecule has 1 aliphatic rings. The van der Waals surface area contributed by atoms with Gasteiger partial charge in [0.15, 0.2) is 0 Å². The Morgan fingerprint density at radius 2 is 2.38 bits per heavy atom. The average molecular weight is 185 g/mol. The van der Waals surface area contributed by atoms with Crippen LogP contribution in [-0.2, 0) is 4.79 Å². The van der Waals surface area contributed by atoms with Crippen molar-refractivity contribution >= 4 is 5.91 Å². The van der Waals surface area contributed by atoms with E-state index >= 15 is 0 Å². The molecule has 1 fully saturated rings. The van der Waals surface area contributed by atoms with Gasteiger partial charge in [0.1, 0.15) is 0 Å². The Morgan fingerprint density at radius 1 is 1.62 bits per heavy atom. The molecule has 4 nitrogen and oxygen atoms in total. The lowest BCUT2D eigenvalue weighted by atomic mass is 10.2. The van der Waals surface area contributed by atoms with E-state index in [1.165, 1.54) is 12.8 Å². The molecule has 1 saturated heterocycles. The Morgan fingerprint density at radius 3 is 2.92 bits per heavy atom. The lowest BCUT2D eigenvalue weighted by Gasteiger charge is -2.13. The Bertz CT molecular complexity index is 164. The maximum Gasteiger partial charge on any atom is 0.234 e. The summed E-state index contributed by atoms with van der Waals surface area (Å²) in [6.45, 7) is 2.34. The molecule has 1 aliphatic heterocycles. The normalized spacial score (nSPS) is 22.2. The molecule has 1 amide bonds. The molecule has 13 heavy (non-hydrogen) atoms. The quantitative estimate of drug-likeness (QED) is 0.615. The first-order chi connectivity index (χ1) is 6.18. The molecule has 4 heteroatoms. The number of hydrogen-bond donors (Lipinski definition) is 2. The van der Waals surface area contributed by atoms with E-state index in [4.69, 9.17) is 0 Å². The minimum Gasteiger partial charge on any atom is -0.353 e. The van der Waals surface area contributed by atoms with Gasteiger partial charge in [0.25, 0.3) is 0 Å². The smallest absolute Gasteiger partial charge is 0.234 e. The zero-order valence-electron chi connectivity index (χ0n) is 8.47. The fraction of sp³-hybridized carbons (Fsp3) is 0.889. The van der Waals surface area contributed by atoms with Gasteiger partial charge in [-0.15, -0.1) is 0 Å². The second-order valence-electron chi connectivity index (χ2n) is 3.84. The third-order valence-corrected chi connectivity index (χ3v) is 2.17.